The lowest BCUT2D eigenvalue weighted by Crippen LogP contribution is -2.26. The van der Waals surface area contributed by atoms with Gasteiger partial charge in [0, 0.05) is 11.3 Å². The Balaban J connectivity index is 2.43. The number of benzene rings is 2. The molecular formula is C16H12Cl2NO3-. The number of aryl methyl sites for hydroxylation is 2. The van der Waals surface area contributed by atoms with E-state index in [1.165, 1.54) is 6.07 Å². The minimum absolute atomic E-state index is 0.0455. The summed E-state index contributed by atoms with van der Waals surface area (Å²) >= 11 is 11.7. The van der Waals surface area contributed by atoms with Gasteiger partial charge in [0.2, 0.25) is 0 Å². The summed E-state index contributed by atoms with van der Waals surface area (Å²) in [5, 5.41) is 14.0. The van der Waals surface area contributed by atoms with Crippen molar-refractivity contribution < 1.29 is 14.7 Å². The van der Waals surface area contributed by atoms with E-state index in [1.54, 1.807) is 6.07 Å². The molecule has 0 atom stereocenters. The summed E-state index contributed by atoms with van der Waals surface area (Å²) in [4.78, 5) is 23.5. The SMILES string of the molecule is Cc1ccc(C)c(NC(=O)c2cc(Cl)c(Cl)cc2C(=O)[O-])c1. The Kier molecular flexibility index (Phi) is 4.74. The zero-order valence-electron chi connectivity index (χ0n) is 11.9. The van der Waals surface area contributed by atoms with Crippen LogP contribution in [-0.2, 0) is 0 Å². The van der Waals surface area contributed by atoms with Crippen molar-refractivity contribution in [3.05, 3.63) is 62.6 Å². The fourth-order valence-electron chi connectivity index (χ4n) is 1.96. The van der Waals surface area contributed by atoms with Crippen molar-refractivity contribution in [1.82, 2.24) is 0 Å². The van der Waals surface area contributed by atoms with Gasteiger partial charge in [0.1, 0.15) is 0 Å². The molecule has 22 heavy (non-hydrogen) atoms. The number of nitrogens with one attached hydrogen (secondary N) is 1. The molecule has 0 heterocycles. The maximum absolute atomic E-state index is 12.4. The third-order valence-electron chi connectivity index (χ3n) is 3.17. The number of carbonyl (C=O) groups excluding carboxylic acids is 2. The van der Waals surface area contributed by atoms with Crippen LogP contribution in [0.1, 0.15) is 31.8 Å². The van der Waals surface area contributed by atoms with Gasteiger partial charge in [-0.2, -0.15) is 0 Å². The van der Waals surface area contributed by atoms with Gasteiger partial charge in [-0.05, 0) is 43.2 Å². The van der Waals surface area contributed by atoms with E-state index >= 15 is 0 Å². The van der Waals surface area contributed by atoms with E-state index in [4.69, 9.17) is 23.2 Å². The molecule has 6 heteroatoms. The molecule has 0 aliphatic rings. The molecule has 1 amide bonds. The van der Waals surface area contributed by atoms with Gasteiger partial charge in [0.05, 0.1) is 21.6 Å². The van der Waals surface area contributed by atoms with Gasteiger partial charge in [-0.1, -0.05) is 35.3 Å². The molecule has 0 saturated carbocycles. The molecule has 0 spiro atoms. The second-order valence-corrected chi connectivity index (χ2v) is 5.69. The van der Waals surface area contributed by atoms with Crippen LogP contribution in [0.2, 0.25) is 10.0 Å². The molecule has 2 rings (SSSR count). The number of anilines is 1. The van der Waals surface area contributed by atoms with Gasteiger partial charge in [0.25, 0.3) is 5.91 Å². The van der Waals surface area contributed by atoms with Crippen molar-refractivity contribution in [2.75, 3.05) is 5.32 Å². The van der Waals surface area contributed by atoms with Crippen LogP contribution in [0.5, 0.6) is 0 Å². The smallest absolute Gasteiger partial charge is 0.256 e. The lowest BCUT2D eigenvalue weighted by atomic mass is 10.1. The van der Waals surface area contributed by atoms with Gasteiger partial charge >= 0.3 is 0 Å². The van der Waals surface area contributed by atoms with Crippen molar-refractivity contribution in [3.63, 3.8) is 0 Å². The number of hydrogen-bond acceptors (Lipinski definition) is 3. The lowest BCUT2D eigenvalue weighted by molar-refractivity contribution is -0.255. The molecule has 0 aromatic heterocycles. The number of halogens is 2. The van der Waals surface area contributed by atoms with E-state index in [2.05, 4.69) is 5.32 Å². The molecule has 0 bridgehead atoms. The molecule has 0 aliphatic carbocycles. The highest BCUT2D eigenvalue weighted by Crippen LogP contribution is 2.27. The summed E-state index contributed by atoms with van der Waals surface area (Å²) in [7, 11) is 0. The highest BCUT2D eigenvalue weighted by molar-refractivity contribution is 6.42. The van der Waals surface area contributed by atoms with E-state index in [0.717, 1.165) is 17.2 Å². The number of amides is 1. The average molecular weight is 337 g/mol. The standard InChI is InChI=1S/C16H13Cl2NO3/c1-8-3-4-9(2)14(5-8)19-15(20)10-6-12(17)13(18)7-11(10)16(21)22/h3-7H,1-2H3,(H,19,20)(H,21,22)/p-1. The number of carbonyl (C=O) groups is 2. The first-order chi connectivity index (χ1) is 10.3. The zero-order chi connectivity index (χ0) is 16.4. The third-order valence-corrected chi connectivity index (χ3v) is 3.89. The number of carboxylic acids is 1. The molecule has 2 aromatic rings. The van der Waals surface area contributed by atoms with Crippen LogP contribution < -0.4 is 10.4 Å². The van der Waals surface area contributed by atoms with E-state index < -0.39 is 11.9 Å². The third kappa shape index (κ3) is 3.40. The summed E-state index contributed by atoms with van der Waals surface area (Å²) in [5.41, 5.74) is 2.01. The zero-order valence-corrected chi connectivity index (χ0v) is 13.4. The predicted octanol–water partition coefficient (Wildman–Crippen LogP) is 3.23. The van der Waals surface area contributed by atoms with Gasteiger partial charge in [-0.15, -0.1) is 0 Å². The molecule has 0 aliphatic heterocycles. The maximum atomic E-state index is 12.4. The molecule has 2 aromatic carbocycles. The van der Waals surface area contributed by atoms with Crippen LogP contribution in [0.25, 0.3) is 0 Å². The van der Waals surface area contributed by atoms with Crippen molar-refractivity contribution in [2.45, 2.75) is 13.8 Å². The Bertz CT molecular complexity index is 772. The summed E-state index contributed by atoms with van der Waals surface area (Å²) < 4.78 is 0. The van der Waals surface area contributed by atoms with E-state index in [0.29, 0.717) is 5.69 Å². The largest absolute Gasteiger partial charge is 0.545 e. The molecule has 1 N–H and O–H groups in total. The number of carboxylic acid groups (broad SMARTS) is 1. The Morgan fingerprint density at radius 1 is 1.00 bits per heavy atom. The average Bonchev–Trinajstić information content (AvgIpc) is 2.45. The Hall–Kier alpha value is -2.04. The fourth-order valence-corrected chi connectivity index (χ4v) is 2.29. The lowest BCUT2D eigenvalue weighted by Gasteiger charge is -2.14. The minimum Gasteiger partial charge on any atom is -0.545 e. The second kappa shape index (κ2) is 6.38. The molecule has 4 nitrogen and oxygen atoms in total. The van der Waals surface area contributed by atoms with Crippen molar-refractivity contribution in [1.29, 1.82) is 0 Å². The first-order valence-corrected chi connectivity index (χ1v) is 7.14. The molecule has 0 fully saturated rings. The summed E-state index contributed by atoms with van der Waals surface area (Å²) in [5.74, 6) is -2.09. The van der Waals surface area contributed by atoms with Crippen molar-refractivity contribution in [3.8, 4) is 0 Å². The van der Waals surface area contributed by atoms with E-state index in [-0.39, 0.29) is 21.2 Å². The topological polar surface area (TPSA) is 69.2 Å². The highest BCUT2D eigenvalue weighted by atomic mass is 35.5. The molecule has 0 radical (unpaired) electrons. The molecule has 114 valence electrons. The van der Waals surface area contributed by atoms with Crippen LogP contribution in [0.3, 0.4) is 0 Å². The maximum Gasteiger partial charge on any atom is 0.256 e. The molecule has 0 saturated heterocycles. The second-order valence-electron chi connectivity index (χ2n) is 4.87. The summed E-state index contributed by atoms with van der Waals surface area (Å²) in [6.45, 7) is 3.73. The van der Waals surface area contributed by atoms with Gasteiger partial charge in [-0.25, -0.2) is 0 Å². The summed E-state index contributed by atoms with van der Waals surface area (Å²) in [6.07, 6.45) is 0. The number of hydrogen-bond donors (Lipinski definition) is 1. The van der Waals surface area contributed by atoms with Gasteiger partial charge < -0.3 is 15.2 Å². The van der Waals surface area contributed by atoms with Crippen molar-refractivity contribution >= 4 is 40.8 Å². The number of aromatic carboxylic acids is 1. The Morgan fingerprint density at radius 3 is 2.18 bits per heavy atom. The molecular weight excluding hydrogens is 325 g/mol. The Morgan fingerprint density at radius 2 is 1.59 bits per heavy atom. The van der Waals surface area contributed by atoms with Crippen molar-refractivity contribution in [2.24, 2.45) is 0 Å². The minimum atomic E-state index is -1.50. The Labute approximate surface area is 137 Å². The first kappa shape index (κ1) is 16.3. The monoisotopic (exact) mass is 336 g/mol. The normalized spacial score (nSPS) is 10.4. The van der Waals surface area contributed by atoms with Crippen LogP contribution in [0, 0.1) is 13.8 Å². The van der Waals surface area contributed by atoms with Gasteiger partial charge in [0.15, 0.2) is 0 Å². The number of rotatable bonds is 3. The highest BCUT2D eigenvalue weighted by Gasteiger charge is 2.16. The summed E-state index contributed by atoms with van der Waals surface area (Å²) in [6, 6.07) is 7.90. The first-order valence-electron chi connectivity index (χ1n) is 6.38. The van der Waals surface area contributed by atoms with Crippen LogP contribution >= 0.6 is 23.2 Å². The van der Waals surface area contributed by atoms with Crippen LogP contribution in [0.4, 0.5) is 5.69 Å². The molecule has 0 unspecified atom stereocenters. The fraction of sp³-hybridized carbons (Fsp3) is 0.125. The predicted molar refractivity (Wildman–Crippen MR) is 84.7 cm³/mol. The van der Waals surface area contributed by atoms with Gasteiger partial charge in [-0.3, -0.25) is 4.79 Å². The van der Waals surface area contributed by atoms with Crippen LogP contribution in [0.15, 0.2) is 30.3 Å². The quantitative estimate of drug-likeness (QED) is 0.935. The van der Waals surface area contributed by atoms with Crippen LogP contribution in [-0.4, -0.2) is 11.9 Å². The van der Waals surface area contributed by atoms with E-state index in [1.807, 2.05) is 26.0 Å². The van der Waals surface area contributed by atoms with E-state index in [9.17, 15) is 14.7 Å².